The van der Waals surface area contributed by atoms with Gasteiger partial charge in [0, 0.05) is 24.1 Å². The zero-order valence-electron chi connectivity index (χ0n) is 16.6. The highest BCUT2D eigenvalue weighted by Crippen LogP contribution is 2.43. The number of aryl methyl sites for hydroxylation is 2. The summed E-state index contributed by atoms with van der Waals surface area (Å²) in [4.78, 5) is 27.2. The number of fused-ring (bicyclic) bond motifs is 2. The summed E-state index contributed by atoms with van der Waals surface area (Å²) in [5, 5.41) is 4.34. The van der Waals surface area contributed by atoms with Crippen molar-refractivity contribution in [2.45, 2.75) is 25.9 Å². The van der Waals surface area contributed by atoms with Crippen LogP contribution in [-0.4, -0.2) is 35.0 Å². The Morgan fingerprint density at radius 2 is 2.00 bits per heavy atom. The molecule has 1 spiro atoms. The van der Waals surface area contributed by atoms with Crippen LogP contribution in [0.2, 0.25) is 5.02 Å². The van der Waals surface area contributed by atoms with Gasteiger partial charge in [-0.3, -0.25) is 4.79 Å². The minimum atomic E-state index is -0.771. The smallest absolute Gasteiger partial charge is 0.339 e. The van der Waals surface area contributed by atoms with E-state index < -0.39 is 5.60 Å². The standard InChI is InChI=1S/C23H19ClN2O4/c1-13-20(14(2)30-25-13)15-7-8-17(19(24)11-15)21(27)26-10-9-23(12-26)18-6-4-3-5-16(18)22(28)29-23/h3-8,11H,9-10,12H2,1-2H3/t23-/m0/s1. The number of esters is 1. The van der Waals surface area contributed by atoms with Crippen LogP contribution in [0.3, 0.4) is 0 Å². The Morgan fingerprint density at radius 3 is 2.73 bits per heavy atom. The fourth-order valence-electron chi connectivity index (χ4n) is 4.51. The van der Waals surface area contributed by atoms with E-state index in [1.54, 1.807) is 23.1 Å². The average molecular weight is 423 g/mol. The van der Waals surface area contributed by atoms with Gasteiger partial charge in [0.1, 0.15) is 5.76 Å². The number of benzene rings is 2. The lowest BCUT2D eigenvalue weighted by atomic mass is 9.91. The summed E-state index contributed by atoms with van der Waals surface area (Å²) >= 11 is 6.50. The highest BCUT2D eigenvalue weighted by Gasteiger charge is 2.51. The second-order valence-corrected chi connectivity index (χ2v) is 8.21. The van der Waals surface area contributed by atoms with Gasteiger partial charge in [-0.25, -0.2) is 4.79 Å². The van der Waals surface area contributed by atoms with Crippen molar-refractivity contribution in [2.75, 3.05) is 13.1 Å². The van der Waals surface area contributed by atoms with Crippen LogP contribution in [0.15, 0.2) is 47.0 Å². The van der Waals surface area contributed by atoms with Gasteiger partial charge in [-0.2, -0.15) is 0 Å². The molecule has 0 aliphatic carbocycles. The topological polar surface area (TPSA) is 72.6 Å². The first-order chi connectivity index (χ1) is 14.4. The van der Waals surface area contributed by atoms with Crippen LogP contribution in [0, 0.1) is 13.8 Å². The third-order valence-electron chi connectivity index (χ3n) is 5.97. The first-order valence-electron chi connectivity index (χ1n) is 9.74. The maximum atomic E-state index is 13.2. The third kappa shape index (κ3) is 2.75. The summed E-state index contributed by atoms with van der Waals surface area (Å²) in [6, 6.07) is 12.7. The van der Waals surface area contributed by atoms with Gasteiger partial charge in [-0.15, -0.1) is 0 Å². The van der Waals surface area contributed by atoms with Crippen molar-refractivity contribution in [3.63, 3.8) is 0 Å². The zero-order chi connectivity index (χ0) is 21.0. The Bertz CT molecular complexity index is 1180. The minimum Gasteiger partial charge on any atom is -0.449 e. The van der Waals surface area contributed by atoms with E-state index in [4.69, 9.17) is 20.9 Å². The number of carbonyl (C=O) groups excluding carboxylic acids is 2. The minimum absolute atomic E-state index is 0.178. The molecule has 0 N–H and O–H groups in total. The van der Waals surface area contributed by atoms with Gasteiger partial charge >= 0.3 is 5.97 Å². The molecule has 1 saturated heterocycles. The maximum absolute atomic E-state index is 13.2. The fourth-order valence-corrected chi connectivity index (χ4v) is 4.78. The zero-order valence-corrected chi connectivity index (χ0v) is 17.3. The second kappa shape index (κ2) is 6.71. The van der Waals surface area contributed by atoms with E-state index >= 15 is 0 Å². The summed E-state index contributed by atoms with van der Waals surface area (Å²) < 4.78 is 11.0. The van der Waals surface area contributed by atoms with Gasteiger partial charge < -0.3 is 14.2 Å². The van der Waals surface area contributed by atoms with E-state index in [0.717, 1.165) is 22.4 Å². The highest BCUT2D eigenvalue weighted by molar-refractivity contribution is 6.34. The maximum Gasteiger partial charge on any atom is 0.339 e. The summed E-state index contributed by atoms with van der Waals surface area (Å²) in [5.41, 5.74) is 3.58. The first-order valence-corrected chi connectivity index (χ1v) is 10.1. The van der Waals surface area contributed by atoms with Gasteiger partial charge in [0.25, 0.3) is 5.91 Å². The molecule has 3 heterocycles. The SMILES string of the molecule is Cc1noc(C)c1-c1ccc(C(=O)N2CC[C@@]3(C2)OC(=O)c2ccccc23)c(Cl)c1. The van der Waals surface area contributed by atoms with Gasteiger partial charge in [0.05, 0.1) is 28.4 Å². The average Bonchev–Trinajstić information content (AvgIpc) is 3.39. The number of halogens is 1. The summed E-state index contributed by atoms with van der Waals surface area (Å²) in [7, 11) is 0. The Morgan fingerprint density at radius 1 is 1.20 bits per heavy atom. The van der Waals surface area contributed by atoms with Crippen molar-refractivity contribution in [3.05, 3.63) is 75.6 Å². The molecule has 7 heteroatoms. The lowest BCUT2D eigenvalue weighted by molar-refractivity contribution is -0.00306. The van der Waals surface area contributed by atoms with E-state index in [-0.39, 0.29) is 11.9 Å². The molecule has 2 aliphatic rings. The predicted octanol–water partition coefficient (Wildman–Crippen LogP) is 4.52. The molecule has 152 valence electrons. The Balaban J connectivity index is 1.42. The Hall–Kier alpha value is -3.12. The largest absolute Gasteiger partial charge is 0.449 e. The summed E-state index contributed by atoms with van der Waals surface area (Å²) in [6.45, 7) is 4.51. The monoisotopic (exact) mass is 422 g/mol. The number of amides is 1. The molecule has 2 aromatic carbocycles. The van der Waals surface area contributed by atoms with Crippen LogP contribution in [0.4, 0.5) is 0 Å². The van der Waals surface area contributed by atoms with Crippen LogP contribution in [-0.2, 0) is 10.3 Å². The molecule has 1 amide bonds. The molecule has 30 heavy (non-hydrogen) atoms. The van der Waals surface area contributed by atoms with Crippen LogP contribution in [0.5, 0.6) is 0 Å². The van der Waals surface area contributed by atoms with Crippen LogP contribution >= 0.6 is 11.6 Å². The number of carbonyl (C=O) groups is 2. The highest BCUT2D eigenvalue weighted by atomic mass is 35.5. The number of nitrogens with zero attached hydrogens (tertiary/aromatic N) is 2. The molecular formula is C23H19ClN2O4. The van der Waals surface area contributed by atoms with Crippen molar-refractivity contribution in [1.29, 1.82) is 0 Å². The molecule has 5 rings (SSSR count). The fraction of sp³-hybridized carbons (Fsp3) is 0.261. The number of rotatable bonds is 2. The van der Waals surface area contributed by atoms with Gasteiger partial charge in [0.15, 0.2) is 5.60 Å². The second-order valence-electron chi connectivity index (χ2n) is 7.80. The first kappa shape index (κ1) is 18.9. The third-order valence-corrected chi connectivity index (χ3v) is 6.28. The molecule has 0 unspecified atom stereocenters. The molecule has 2 aliphatic heterocycles. The lowest BCUT2D eigenvalue weighted by Gasteiger charge is -2.24. The van der Waals surface area contributed by atoms with E-state index in [9.17, 15) is 9.59 Å². The van der Waals surface area contributed by atoms with Crippen LogP contribution in [0.25, 0.3) is 11.1 Å². The molecule has 6 nitrogen and oxygen atoms in total. The van der Waals surface area contributed by atoms with Crippen molar-refractivity contribution >= 4 is 23.5 Å². The van der Waals surface area contributed by atoms with Gasteiger partial charge in [-0.05, 0) is 37.6 Å². The number of ether oxygens (including phenoxy) is 1. The molecule has 3 aromatic rings. The summed E-state index contributed by atoms with van der Waals surface area (Å²) in [6.07, 6.45) is 0.566. The number of hydrogen-bond acceptors (Lipinski definition) is 5. The number of likely N-dealkylation sites (tertiary alicyclic amines) is 1. The molecule has 0 bridgehead atoms. The van der Waals surface area contributed by atoms with Crippen molar-refractivity contribution in [1.82, 2.24) is 10.1 Å². The Labute approximate surface area is 178 Å². The van der Waals surface area contributed by atoms with E-state index in [1.807, 2.05) is 38.1 Å². The van der Waals surface area contributed by atoms with E-state index in [0.29, 0.717) is 41.4 Å². The van der Waals surface area contributed by atoms with E-state index in [2.05, 4.69) is 5.16 Å². The normalized spacial score (nSPS) is 20.0. The molecule has 1 fully saturated rings. The van der Waals surface area contributed by atoms with Gasteiger partial charge in [-0.1, -0.05) is 41.0 Å². The van der Waals surface area contributed by atoms with Crippen molar-refractivity contribution < 1.29 is 18.8 Å². The molecule has 0 saturated carbocycles. The molecular weight excluding hydrogens is 404 g/mol. The predicted molar refractivity (Wildman–Crippen MR) is 110 cm³/mol. The Kier molecular flexibility index (Phi) is 4.22. The van der Waals surface area contributed by atoms with Crippen molar-refractivity contribution in [2.24, 2.45) is 0 Å². The van der Waals surface area contributed by atoms with Crippen LogP contribution < -0.4 is 0 Å². The van der Waals surface area contributed by atoms with Gasteiger partial charge in [0.2, 0.25) is 0 Å². The quantitative estimate of drug-likeness (QED) is 0.567. The number of aromatic nitrogens is 1. The summed E-state index contributed by atoms with van der Waals surface area (Å²) in [5.74, 6) is 0.190. The van der Waals surface area contributed by atoms with Crippen LogP contribution in [0.1, 0.15) is 44.2 Å². The molecule has 0 radical (unpaired) electrons. The van der Waals surface area contributed by atoms with Crippen molar-refractivity contribution in [3.8, 4) is 11.1 Å². The number of hydrogen-bond donors (Lipinski definition) is 0. The molecule has 1 aromatic heterocycles. The van der Waals surface area contributed by atoms with E-state index in [1.165, 1.54) is 0 Å². The lowest BCUT2D eigenvalue weighted by Crippen LogP contribution is -2.34. The molecule has 1 atom stereocenters.